The van der Waals surface area contributed by atoms with E-state index >= 15 is 0 Å². The van der Waals surface area contributed by atoms with Gasteiger partial charge in [-0.2, -0.15) is 0 Å². The molecule has 7 nitrogen and oxygen atoms in total. The number of guanidine groups is 1. The van der Waals surface area contributed by atoms with Crippen molar-refractivity contribution in [2.75, 3.05) is 33.4 Å². The molecular formula is C16H28N4O3S. The number of nitrogens with zero attached hydrogens (tertiary/aromatic N) is 1. The molecule has 8 heteroatoms. The van der Waals surface area contributed by atoms with Crippen LogP contribution in [0, 0.1) is 0 Å². The van der Waals surface area contributed by atoms with Gasteiger partial charge in [0.25, 0.3) is 0 Å². The van der Waals surface area contributed by atoms with Crippen molar-refractivity contribution in [2.24, 2.45) is 4.99 Å². The minimum absolute atomic E-state index is 0.238. The third kappa shape index (κ3) is 7.29. The lowest BCUT2D eigenvalue weighted by Gasteiger charge is -2.10. The molecule has 0 fully saturated rings. The highest BCUT2D eigenvalue weighted by Gasteiger charge is 2.12. The van der Waals surface area contributed by atoms with Crippen molar-refractivity contribution in [3.63, 3.8) is 0 Å². The third-order valence-corrected chi connectivity index (χ3v) is 4.62. The Labute approximate surface area is 145 Å². The summed E-state index contributed by atoms with van der Waals surface area (Å²) in [6.45, 7) is 6.83. The average Bonchev–Trinajstić information content (AvgIpc) is 2.58. The minimum atomic E-state index is -3.49. The van der Waals surface area contributed by atoms with Crippen LogP contribution in [0.25, 0.3) is 0 Å². The smallest absolute Gasteiger partial charge is 0.240 e. The first kappa shape index (κ1) is 20.4. The molecule has 0 heterocycles. The average molecular weight is 356 g/mol. The lowest BCUT2D eigenvalue weighted by atomic mass is 10.2. The number of aliphatic imine (C=N–C) groups is 1. The van der Waals surface area contributed by atoms with Crippen LogP contribution >= 0.6 is 0 Å². The highest BCUT2D eigenvalue weighted by Crippen LogP contribution is 2.11. The molecule has 0 aliphatic heterocycles. The van der Waals surface area contributed by atoms with E-state index in [4.69, 9.17) is 4.74 Å². The summed E-state index contributed by atoms with van der Waals surface area (Å²) < 4.78 is 31.5. The molecule has 0 aromatic heterocycles. The van der Waals surface area contributed by atoms with E-state index in [-0.39, 0.29) is 11.4 Å². The molecule has 0 radical (unpaired) electrons. The Kier molecular flexibility index (Phi) is 9.36. The van der Waals surface area contributed by atoms with Crippen molar-refractivity contribution < 1.29 is 13.2 Å². The number of hydrogen-bond acceptors (Lipinski definition) is 4. The largest absolute Gasteiger partial charge is 0.383 e. The molecule has 0 saturated heterocycles. The van der Waals surface area contributed by atoms with Gasteiger partial charge in [-0.25, -0.2) is 18.1 Å². The van der Waals surface area contributed by atoms with Gasteiger partial charge in [0, 0.05) is 26.7 Å². The van der Waals surface area contributed by atoms with Crippen LogP contribution in [-0.2, 0) is 21.3 Å². The number of sulfonamides is 1. The predicted molar refractivity (Wildman–Crippen MR) is 96.6 cm³/mol. The quantitative estimate of drug-likeness (QED) is 0.331. The van der Waals surface area contributed by atoms with E-state index in [1.807, 2.05) is 6.92 Å². The van der Waals surface area contributed by atoms with Gasteiger partial charge in [0.2, 0.25) is 10.0 Å². The van der Waals surface area contributed by atoms with E-state index in [1.165, 1.54) is 7.11 Å². The van der Waals surface area contributed by atoms with E-state index in [1.54, 1.807) is 24.3 Å². The monoisotopic (exact) mass is 356 g/mol. The number of rotatable bonds is 10. The Morgan fingerprint density at radius 1 is 1.12 bits per heavy atom. The number of benzene rings is 1. The van der Waals surface area contributed by atoms with Crippen LogP contribution in [0.5, 0.6) is 0 Å². The molecule has 1 rings (SSSR count). The maximum atomic E-state index is 12.1. The maximum absolute atomic E-state index is 12.1. The molecule has 0 unspecified atom stereocenters. The molecule has 0 aliphatic carbocycles. The standard InChI is InChI=1S/C16H28N4O3S/c1-4-10-18-16(17-5-2)19-13-14-6-8-15(9-7-14)24(21,22)20-11-12-23-3/h6-9,20H,4-5,10-13H2,1-3H3,(H2,17,18,19). The van der Waals surface area contributed by atoms with E-state index in [2.05, 4.69) is 27.3 Å². The van der Waals surface area contributed by atoms with Gasteiger partial charge in [-0.3, -0.25) is 0 Å². The lowest BCUT2D eigenvalue weighted by molar-refractivity contribution is 0.204. The van der Waals surface area contributed by atoms with E-state index < -0.39 is 10.0 Å². The van der Waals surface area contributed by atoms with Crippen molar-refractivity contribution in [1.29, 1.82) is 0 Å². The molecule has 0 amide bonds. The van der Waals surface area contributed by atoms with Gasteiger partial charge >= 0.3 is 0 Å². The van der Waals surface area contributed by atoms with E-state index in [9.17, 15) is 8.42 Å². The van der Waals surface area contributed by atoms with Crippen LogP contribution < -0.4 is 15.4 Å². The summed E-state index contributed by atoms with van der Waals surface area (Å²) >= 11 is 0. The Morgan fingerprint density at radius 2 is 1.83 bits per heavy atom. The zero-order valence-electron chi connectivity index (χ0n) is 14.6. The fraction of sp³-hybridized carbons (Fsp3) is 0.562. The molecule has 24 heavy (non-hydrogen) atoms. The zero-order chi connectivity index (χ0) is 17.8. The SMILES string of the molecule is CCCNC(=NCc1ccc(S(=O)(=O)NCCOC)cc1)NCC. The van der Waals surface area contributed by atoms with Gasteiger partial charge < -0.3 is 15.4 Å². The van der Waals surface area contributed by atoms with Crippen LogP contribution in [0.3, 0.4) is 0 Å². The Balaban J connectivity index is 2.69. The Bertz CT molecular complexity index is 600. The fourth-order valence-electron chi connectivity index (χ4n) is 1.89. The molecule has 0 aliphatic rings. The second-order valence-electron chi connectivity index (χ2n) is 5.16. The summed E-state index contributed by atoms with van der Waals surface area (Å²) in [6, 6.07) is 6.73. The molecule has 3 N–H and O–H groups in total. The Morgan fingerprint density at radius 3 is 2.42 bits per heavy atom. The van der Waals surface area contributed by atoms with Gasteiger partial charge in [0.15, 0.2) is 5.96 Å². The first-order valence-electron chi connectivity index (χ1n) is 8.13. The van der Waals surface area contributed by atoms with Crippen LogP contribution in [0.15, 0.2) is 34.2 Å². The van der Waals surface area contributed by atoms with Gasteiger partial charge in [-0.1, -0.05) is 19.1 Å². The van der Waals surface area contributed by atoms with Crippen molar-refractivity contribution in [2.45, 2.75) is 31.7 Å². The topological polar surface area (TPSA) is 91.8 Å². The van der Waals surface area contributed by atoms with Crippen molar-refractivity contribution in [3.05, 3.63) is 29.8 Å². The summed E-state index contributed by atoms with van der Waals surface area (Å²) in [6.07, 6.45) is 1.02. The molecule has 136 valence electrons. The van der Waals surface area contributed by atoms with E-state index in [0.717, 1.165) is 31.0 Å². The first-order valence-corrected chi connectivity index (χ1v) is 9.61. The van der Waals surface area contributed by atoms with Crippen LogP contribution in [0.1, 0.15) is 25.8 Å². The van der Waals surface area contributed by atoms with Crippen molar-refractivity contribution in [1.82, 2.24) is 15.4 Å². The minimum Gasteiger partial charge on any atom is -0.383 e. The highest BCUT2D eigenvalue weighted by molar-refractivity contribution is 7.89. The summed E-state index contributed by atoms with van der Waals surface area (Å²) in [5, 5.41) is 6.40. The van der Waals surface area contributed by atoms with Crippen molar-refractivity contribution >= 4 is 16.0 Å². The third-order valence-electron chi connectivity index (χ3n) is 3.14. The highest BCUT2D eigenvalue weighted by atomic mass is 32.2. The zero-order valence-corrected chi connectivity index (χ0v) is 15.4. The molecule has 0 spiro atoms. The molecular weight excluding hydrogens is 328 g/mol. The maximum Gasteiger partial charge on any atom is 0.240 e. The number of hydrogen-bond donors (Lipinski definition) is 3. The normalized spacial score (nSPS) is 12.2. The van der Waals surface area contributed by atoms with Crippen LogP contribution in [0.2, 0.25) is 0 Å². The number of methoxy groups -OCH3 is 1. The van der Waals surface area contributed by atoms with Gasteiger partial charge in [-0.05, 0) is 31.0 Å². The second kappa shape index (κ2) is 11.0. The molecule has 0 atom stereocenters. The molecule has 0 bridgehead atoms. The molecule has 0 saturated carbocycles. The van der Waals surface area contributed by atoms with Crippen LogP contribution in [0.4, 0.5) is 0 Å². The fourth-order valence-corrected chi connectivity index (χ4v) is 2.90. The summed E-state index contributed by atoms with van der Waals surface area (Å²) in [7, 11) is -1.96. The van der Waals surface area contributed by atoms with Gasteiger partial charge in [0.05, 0.1) is 18.0 Å². The predicted octanol–water partition coefficient (Wildman–Crippen LogP) is 1.08. The summed E-state index contributed by atoms with van der Waals surface area (Å²) in [5.41, 5.74) is 0.944. The summed E-state index contributed by atoms with van der Waals surface area (Å²) in [5.74, 6) is 0.761. The Hall–Kier alpha value is -1.64. The van der Waals surface area contributed by atoms with Crippen LogP contribution in [-0.4, -0.2) is 47.7 Å². The first-order chi connectivity index (χ1) is 11.5. The molecule has 1 aromatic rings. The number of ether oxygens (including phenoxy) is 1. The van der Waals surface area contributed by atoms with E-state index in [0.29, 0.717) is 13.2 Å². The summed E-state index contributed by atoms with van der Waals surface area (Å²) in [4.78, 5) is 4.72. The van der Waals surface area contributed by atoms with Gasteiger partial charge in [-0.15, -0.1) is 0 Å². The van der Waals surface area contributed by atoms with Crippen molar-refractivity contribution in [3.8, 4) is 0 Å². The second-order valence-corrected chi connectivity index (χ2v) is 6.92. The number of nitrogens with one attached hydrogen (secondary N) is 3. The lowest BCUT2D eigenvalue weighted by Crippen LogP contribution is -2.37. The molecule has 1 aromatic carbocycles. The van der Waals surface area contributed by atoms with Gasteiger partial charge in [0.1, 0.15) is 0 Å².